The summed E-state index contributed by atoms with van der Waals surface area (Å²) in [5.74, 6) is -1.14. The van der Waals surface area contributed by atoms with Gasteiger partial charge in [0.15, 0.2) is 5.82 Å². The Morgan fingerprint density at radius 1 is 1.31 bits per heavy atom. The topological polar surface area (TPSA) is 58.6 Å². The highest BCUT2D eigenvalue weighted by Gasteiger charge is 2.40. The molecule has 1 aromatic heterocycles. The van der Waals surface area contributed by atoms with Crippen molar-refractivity contribution < 1.29 is 27.1 Å². The van der Waals surface area contributed by atoms with E-state index in [1.165, 1.54) is 0 Å². The number of rotatable bonds is 2. The second kappa shape index (κ2) is 8.48. The maximum Gasteiger partial charge on any atom is 0.417 e. The number of hydrogen-bond acceptors (Lipinski definition) is 5. The fourth-order valence-electron chi connectivity index (χ4n) is 3.81. The number of halogens is 6. The van der Waals surface area contributed by atoms with Gasteiger partial charge < -0.3 is 14.5 Å². The van der Waals surface area contributed by atoms with Gasteiger partial charge in [0, 0.05) is 19.0 Å². The first kappa shape index (κ1) is 24.8. The van der Waals surface area contributed by atoms with Crippen molar-refractivity contribution in [2.75, 3.05) is 18.5 Å². The van der Waals surface area contributed by atoms with Gasteiger partial charge >= 0.3 is 12.3 Å². The lowest BCUT2D eigenvalue weighted by molar-refractivity contribution is -0.138. The van der Waals surface area contributed by atoms with Crippen LogP contribution in [0.5, 0.6) is 0 Å². The molecule has 1 aromatic carbocycles. The molecule has 2 aromatic rings. The summed E-state index contributed by atoms with van der Waals surface area (Å²) >= 11 is 8.66. The third-order valence-corrected chi connectivity index (χ3v) is 6.25. The molecular formula is C20H22BrClF4N4O2. The Morgan fingerprint density at radius 2 is 1.94 bits per heavy atom. The summed E-state index contributed by atoms with van der Waals surface area (Å²) in [4.78, 5) is 23.6. The molecule has 1 aliphatic rings. The second-order valence-corrected chi connectivity index (χ2v) is 9.77. The summed E-state index contributed by atoms with van der Waals surface area (Å²) in [5.41, 5.74) is -2.19. The Kier molecular flexibility index (Phi) is 6.56. The fourth-order valence-corrected chi connectivity index (χ4v) is 4.50. The Balaban J connectivity index is 2.04. The minimum Gasteiger partial charge on any atom is -0.444 e. The number of likely N-dealkylation sites (tertiary alicyclic amines) is 1. The summed E-state index contributed by atoms with van der Waals surface area (Å²) in [6, 6.07) is 0.134. The van der Waals surface area contributed by atoms with Gasteiger partial charge in [-0.1, -0.05) is 0 Å². The zero-order valence-electron chi connectivity index (χ0n) is 18.0. The number of anilines is 1. The van der Waals surface area contributed by atoms with Crippen molar-refractivity contribution in [2.45, 2.75) is 58.0 Å². The van der Waals surface area contributed by atoms with Crippen LogP contribution in [0.15, 0.2) is 10.5 Å². The summed E-state index contributed by atoms with van der Waals surface area (Å²) in [6.07, 6.45) is -4.77. The molecule has 32 heavy (non-hydrogen) atoms. The van der Waals surface area contributed by atoms with E-state index in [0.29, 0.717) is 13.0 Å². The number of alkyl halides is 3. The molecule has 0 N–H and O–H groups in total. The fraction of sp³-hybridized carbons (Fsp3) is 0.550. The molecule has 2 atom stereocenters. The van der Waals surface area contributed by atoms with Gasteiger partial charge in [-0.15, -0.1) is 0 Å². The molecule has 1 amide bonds. The van der Waals surface area contributed by atoms with Gasteiger partial charge in [0.25, 0.3) is 0 Å². The largest absolute Gasteiger partial charge is 0.444 e. The van der Waals surface area contributed by atoms with E-state index in [4.69, 9.17) is 16.3 Å². The number of nitrogens with zero attached hydrogens (tertiary/aromatic N) is 4. The summed E-state index contributed by atoms with van der Waals surface area (Å²) in [5, 5.41) is -0.438. The van der Waals surface area contributed by atoms with Crippen molar-refractivity contribution in [3.05, 3.63) is 27.2 Å². The Bertz CT molecular complexity index is 1060. The quantitative estimate of drug-likeness (QED) is 0.343. The molecule has 6 nitrogen and oxygen atoms in total. The number of amides is 1. The molecule has 3 rings (SSSR count). The van der Waals surface area contributed by atoms with Gasteiger partial charge in [0.2, 0.25) is 5.28 Å². The predicted molar refractivity (Wildman–Crippen MR) is 116 cm³/mol. The first-order valence-corrected chi connectivity index (χ1v) is 10.9. The molecule has 0 aliphatic carbocycles. The van der Waals surface area contributed by atoms with E-state index < -0.39 is 33.7 Å². The van der Waals surface area contributed by atoms with E-state index in [1.54, 1.807) is 44.5 Å². The van der Waals surface area contributed by atoms with Crippen LogP contribution in [0.3, 0.4) is 0 Å². The van der Waals surface area contributed by atoms with E-state index in [-0.39, 0.29) is 34.1 Å². The predicted octanol–water partition coefficient (Wildman–Crippen LogP) is 6.04. The zero-order valence-corrected chi connectivity index (χ0v) is 20.4. The first-order chi connectivity index (χ1) is 14.6. The first-order valence-electron chi connectivity index (χ1n) is 9.76. The lowest BCUT2D eigenvalue weighted by Crippen LogP contribution is -2.45. The zero-order chi connectivity index (χ0) is 24.2. The molecule has 1 unspecified atom stereocenters. The highest BCUT2D eigenvalue weighted by Crippen LogP contribution is 2.41. The van der Waals surface area contributed by atoms with Gasteiger partial charge in [0.05, 0.1) is 22.1 Å². The number of aromatic nitrogens is 2. The molecule has 176 valence electrons. The molecule has 0 saturated carbocycles. The minimum atomic E-state index is -4.79. The number of benzene rings is 1. The van der Waals surface area contributed by atoms with Crippen molar-refractivity contribution in [3.8, 4) is 0 Å². The Hall–Kier alpha value is -1.88. The molecule has 0 spiro atoms. The smallest absolute Gasteiger partial charge is 0.417 e. The minimum absolute atomic E-state index is 0.0415. The van der Waals surface area contributed by atoms with Crippen LogP contribution in [0, 0.1) is 5.82 Å². The molecule has 0 radical (unpaired) electrons. The number of ether oxygens (including phenoxy) is 1. The average molecular weight is 542 g/mol. The van der Waals surface area contributed by atoms with Crippen LogP contribution in [0.25, 0.3) is 10.9 Å². The summed E-state index contributed by atoms with van der Waals surface area (Å²) in [6.45, 7) is 7.47. The number of fused-ring (bicyclic) bond motifs is 1. The SMILES string of the molecule is C[C@@H]1C(N(C)c2nc(Cl)nc3c(F)c(Br)c(C(F)(F)F)cc23)CCN1C(=O)OC(C)(C)C. The Morgan fingerprint density at radius 3 is 2.50 bits per heavy atom. The highest BCUT2D eigenvalue weighted by atomic mass is 79.9. The lowest BCUT2D eigenvalue weighted by atomic mass is 10.1. The molecule has 1 fully saturated rings. The maximum atomic E-state index is 14.8. The molecule has 1 aliphatic heterocycles. The van der Waals surface area contributed by atoms with E-state index in [9.17, 15) is 22.4 Å². The van der Waals surface area contributed by atoms with Crippen molar-refractivity contribution in [1.29, 1.82) is 0 Å². The third-order valence-electron chi connectivity index (χ3n) is 5.30. The van der Waals surface area contributed by atoms with E-state index in [0.717, 1.165) is 6.07 Å². The van der Waals surface area contributed by atoms with Crippen LogP contribution in [-0.4, -0.2) is 52.2 Å². The van der Waals surface area contributed by atoms with Gasteiger partial charge in [-0.25, -0.2) is 14.2 Å². The third kappa shape index (κ3) is 4.73. The van der Waals surface area contributed by atoms with Crippen LogP contribution in [0.1, 0.15) is 39.7 Å². The van der Waals surface area contributed by atoms with Crippen LogP contribution >= 0.6 is 27.5 Å². The number of carbonyl (C=O) groups excluding carboxylic acids is 1. The lowest BCUT2D eigenvalue weighted by Gasteiger charge is -2.33. The van der Waals surface area contributed by atoms with Gasteiger partial charge in [-0.3, -0.25) is 0 Å². The molecule has 2 heterocycles. The standard InChI is InChI=1S/C20H22BrClF4N4O2/c1-9-12(6-7-30(9)18(31)32-19(2,3)4)29(5)16-10-8-11(20(24,25)26)13(21)14(23)15(10)27-17(22)28-16/h8-9,12H,6-7H2,1-5H3/t9-,12?/m1/s1. The van der Waals surface area contributed by atoms with Crippen molar-refractivity contribution in [3.63, 3.8) is 0 Å². The van der Waals surface area contributed by atoms with Gasteiger partial charge in [-0.2, -0.15) is 18.2 Å². The van der Waals surface area contributed by atoms with Crippen LogP contribution in [-0.2, 0) is 10.9 Å². The summed E-state index contributed by atoms with van der Waals surface area (Å²) < 4.78 is 59.9. The van der Waals surface area contributed by atoms with Crippen molar-refractivity contribution in [2.24, 2.45) is 0 Å². The van der Waals surface area contributed by atoms with E-state index in [2.05, 4.69) is 25.9 Å². The average Bonchev–Trinajstić information content (AvgIpc) is 3.03. The number of likely N-dealkylation sites (N-methyl/N-ethyl adjacent to an activating group) is 1. The highest BCUT2D eigenvalue weighted by molar-refractivity contribution is 9.10. The van der Waals surface area contributed by atoms with Gasteiger partial charge in [0.1, 0.15) is 16.9 Å². The molecular weight excluding hydrogens is 520 g/mol. The second-order valence-electron chi connectivity index (χ2n) is 8.64. The van der Waals surface area contributed by atoms with Crippen molar-refractivity contribution >= 4 is 50.3 Å². The van der Waals surface area contributed by atoms with Crippen molar-refractivity contribution in [1.82, 2.24) is 14.9 Å². The van der Waals surface area contributed by atoms with E-state index in [1.807, 2.05) is 0 Å². The molecule has 12 heteroatoms. The Labute approximate surface area is 196 Å². The number of carbonyl (C=O) groups is 1. The van der Waals surface area contributed by atoms with E-state index >= 15 is 0 Å². The van der Waals surface area contributed by atoms with Crippen LogP contribution in [0.2, 0.25) is 5.28 Å². The summed E-state index contributed by atoms with van der Waals surface area (Å²) in [7, 11) is 1.62. The van der Waals surface area contributed by atoms with Crippen LogP contribution in [0.4, 0.5) is 28.2 Å². The monoisotopic (exact) mass is 540 g/mol. The van der Waals surface area contributed by atoms with Gasteiger partial charge in [-0.05, 0) is 67.7 Å². The molecule has 0 bridgehead atoms. The van der Waals surface area contributed by atoms with Crippen LogP contribution < -0.4 is 4.90 Å². The maximum absolute atomic E-state index is 14.8. The molecule has 1 saturated heterocycles. The normalized spacial score (nSPS) is 19.5. The number of hydrogen-bond donors (Lipinski definition) is 0.